The third-order valence-corrected chi connectivity index (χ3v) is 7.04. The number of nitrogens with zero attached hydrogens (tertiary/aromatic N) is 4. The maximum atomic E-state index is 12.6. The van der Waals surface area contributed by atoms with Crippen LogP contribution in [0, 0.1) is 3.57 Å². The Balaban J connectivity index is 1.58. The molecule has 3 heterocycles. The Morgan fingerprint density at radius 1 is 1.19 bits per heavy atom. The van der Waals surface area contributed by atoms with Gasteiger partial charge >= 0.3 is 0 Å². The van der Waals surface area contributed by atoms with Gasteiger partial charge in [-0.05, 0) is 57.7 Å². The molecule has 0 bridgehead atoms. The van der Waals surface area contributed by atoms with E-state index in [1.165, 1.54) is 0 Å². The van der Waals surface area contributed by atoms with Crippen LogP contribution in [-0.2, 0) is 0 Å². The molecular formula is C18H17BrIN5O. The number of carbonyl (C=O) groups excluding carboxylic acids is 1. The topological polar surface area (TPSA) is 65.1 Å². The van der Waals surface area contributed by atoms with E-state index in [9.17, 15) is 4.79 Å². The number of H-pyrrole nitrogens is 1. The van der Waals surface area contributed by atoms with Crippen LogP contribution in [0.3, 0.4) is 0 Å². The molecule has 0 spiro atoms. The van der Waals surface area contributed by atoms with Gasteiger partial charge in [0.1, 0.15) is 11.3 Å². The van der Waals surface area contributed by atoms with Gasteiger partial charge in [0.25, 0.3) is 5.91 Å². The fourth-order valence-corrected chi connectivity index (χ4v) is 3.81. The predicted molar refractivity (Wildman–Crippen MR) is 113 cm³/mol. The third kappa shape index (κ3) is 3.37. The number of hydrogen-bond donors (Lipinski definition) is 1. The number of aromatic amines is 1. The van der Waals surface area contributed by atoms with E-state index in [2.05, 4.69) is 65.4 Å². The zero-order valence-electron chi connectivity index (χ0n) is 14.2. The Hall–Kier alpha value is -1.52. The minimum absolute atomic E-state index is 0.0920. The predicted octanol–water partition coefficient (Wildman–Crippen LogP) is 3.38. The number of rotatable bonds is 2. The number of halogens is 2. The molecule has 1 aromatic carbocycles. The van der Waals surface area contributed by atoms with Crippen molar-refractivity contribution >= 4 is 55.6 Å². The molecular weight excluding hydrogens is 509 g/mol. The maximum absolute atomic E-state index is 12.6. The first-order valence-electron chi connectivity index (χ1n) is 8.31. The van der Waals surface area contributed by atoms with E-state index in [0.29, 0.717) is 5.56 Å². The van der Waals surface area contributed by atoms with Gasteiger partial charge in [-0.1, -0.05) is 12.1 Å². The van der Waals surface area contributed by atoms with Crippen LogP contribution in [0.2, 0.25) is 0 Å². The number of imidazole rings is 1. The Kier molecular flexibility index (Phi) is 4.98. The van der Waals surface area contributed by atoms with Crippen molar-refractivity contribution in [3.05, 3.63) is 44.1 Å². The quantitative estimate of drug-likeness (QED) is 0.521. The van der Waals surface area contributed by atoms with Crippen LogP contribution < -0.4 is 0 Å². The number of fused-ring (bicyclic) bond motifs is 1. The van der Waals surface area contributed by atoms with Gasteiger partial charge in [0.15, 0.2) is 5.65 Å². The first-order valence-corrected chi connectivity index (χ1v) is 10.2. The van der Waals surface area contributed by atoms with Gasteiger partial charge in [0, 0.05) is 43.5 Å². The fourth-order valence-electron chi connectivity index (χ4n) is 3.00. The highest BCUT2D eigenvalue weighted by Crippen LogP contribution is 2.27. The highest BCUT2D eigenvalue weighted by molar-refractivity contribution is 14.1. The van der Waals surface area contributed by atoms with Crippen molar-refractivity contribution in [2.45, 2.75) is 0 Å². The number of aromatic nitrogens is 3. The number of benzene rings is 1. The Labute approximate surface area is 173 Å². The SMILES string of the molecule is CN1CCN(C(=O)c2ccc(-c3nc4c(I)c(Br)cnc4[nH]3)cc2)CC1. The summed E-state index contributed by atoms with van der Waals surface area (Å²) < 4.78 is 1.95. The maximum Gasteiger partial charge on any atom is 0.253 e. The van der Waals surface area contributed by atoms with Gasteiger partial charge in [-0.15, -0.1) is 0 Å². The number of likely N-dealkylation sites (N-methyl/N-ethyl adjacent to an activating group) is 1. The van der Waals surface area contributed by atoms with E-state index < -0.39 is 0 Å². The first kappa shape index (κ1) is 17.9. The van der Waals surface area contributed by atoms with Crippen molar-refractivity contribution in [1.82, 2.24) is 24.8 Å². The van der Waals surface area contributed by atoms with Crippen molar-refractivity contribution < 1.29 is 4.79 Å². The van der Waals surface area contributed by atoms with E-state index in [0.717, 1.165) is 56.8 Å². The molecule has 0 unspecified atom stereocenters. The number of hydrogen-bond acceptors (Lipinski definition) is 4. The van der Waals surface area contributed by atoms with E-state index in [1.807, 2.05) is 29.2 Å². The molecule has 8 heteroatoms. The van der Waals surface area contributed by atoms with Crippen molar-refractivity contribution in [3.63, 3.8) is 0 Å². The van der Waals surface area contributed by atoms with Crippen LogP contribution in [-0.4, -0.2) is 63.9 Å². The molecule has 134 valence electrons. The van der Waals surface area contributed by atoms with Gasteiger partial charge in [-0.25, -0.2) is 9.97 Å². The molecule has 1 aliphatic heterocycles. The van der Waals surface area contributed by atoms with Crippen LogP contribution >= 0.6 is 38.5 Å². The summed E-state index contributed by atoms with van der Waals surface area (Å²) in [6, 6.07) is 7.61. The summed E-state index contributed by atoms with van der Waals surface area (Å²) in [5.41, 5.74) is 3.24. The van der Waals surface area contributed by atoms with E-state index in [4.69, 9.17) is 0 Å². The summed E-state index contributed by atoms with van der Waals surface area (Å²) >= 11 is 5.73. The third-order valence-electron chi connectivity index (χ3n) is 4.61. The van der Waals surface area contributed by atoms with Crippen molar-refractivity contribution in [2.24, 2.45) is 0 Å². The molecule has 2 aromatic heterocycles. The molecule has 1 aliphatic rings. The van der Waals surface area contributed by atoms with Crippen molar-refractivity contribution in [2.75, 3.05) is 33.2 Å². The Morgan fingerprint density at radius 2 is 1.88 bits per heavy atom. The second kappa shape index (κ2) is 7.24. The average molecular weight is 526 g/mol. The lowest BCUT2D eigenvalue weighted by atomic mass is 10.1. The standard InChI is InChI=1S/C18H17BrIN5O/c1-24-6-8-25(9-7-24)18(26)12-4-2-11(3-5-12)16-22-15-14(20)13(19)10-21-17(15)23-16/h2-5,10H,6-9H2,1H3,(H,21,22,23). The summed E-state index contributed by atoms with van der Waals surface area (Å²) in [4.78, 5) is 29.1. The zero-order chi connectivity index (χ0) is 18.3. The highest BCUT2D eigenvalue weighted by Gasteiger charge is 2.20. The van der Waals surface area contributed by atoms with Crippen LogP contribution in [0.25, 0.3) is 22.6 Å². The second-order valence-electron chi connectivity index (χ2n) is 6.38. The number of nitrogens with one attached hydrogen (secondary N) is 1. The lowest BCUT2D eigenvalue weighted by molar-refractivity contribution is 0.0664. The Bertz CT molecular complexity index is 964. The zero-order valence-corrected chi connectivity index (χ0v) is 17.9. The molecule has 1 amide bonds. The molecule has 0 saturated carbocycles. The molecule has 1 fully saturated rings. The molecule has 1 N–H and O–H groups in total. The smallest absolute Gasteiger partial charge is 0.253 e. The second-order valence-corrected chi connectivity index (χ2v) is 8.31. The van der Waals surface area contributed by atoms with E-state index >= 15 is 0 Å². The summed E-state index contributed by atoms with van der Waals surface area (Å²) in [7, 11) is 2.08. The monoisotopic (exact) mass is 525 g/mol. The van der Waals surface area contributed by atoms with Crippen LogP contribution in [0.5, 0.6) is 0 Å². The summed E-state index contributed by atoms with van der Waals surface area (Å²) in [6.45, 7) is 3.40. The van der Waals surface area contributed by atoms with Crippen LogP contribution in [0.4, 0.5) is 0 Å². The van der Waals surface area contributed by atoms with Gasteiger partial charge < -0.3 is 14.8 Å². The number of pyridine rings is 1. The fraction of sp³-hybridized carbons (Fsp3) is 0.278. The van der Waals surface area contributed by atoms with Crippen LogP contribution in [0.15, 0.2) is 34.9 Å². The van der Waals surface area contributed by atoms with E-state index in [1.54, 1.807) is 6.20 Å². The van der Waals surface area contributed by atoms with Crippen molar-refractivity contribution in [3.8, 4) is 11.4 Å². The minimum Gasteiger partial charge on any atom is -0.336 e. The molecule has 0 aliphatic carbocycles. The Morgan fingerprint density at radius 3 is 2.58 bits per heavy atom. The molecule has 3 aromatic rings. The first-order chi connectivity index (χ1) is 12.5. The minimum atomic E-state index is 0.0920. The summed E-state index contributed by atoms with van der Waals surface area (Å²) in [5, 5.41) is 0. The molecule has 6 nitrogen and oxygen atoms in total. The average Bonchev–Trinajstić information content (AvgIpc) is 3.10. The number of amides is 1. The molecule has 26 heavy (non-hydrogen) atoms. The number of piperazine rings is 1. The number of carbonyl (C=O) groups is 1. The normalized spacial score (nSPS) is 15.6. The summed E-state index contributed by atoms with van der Waals surface area (Å²) in [5.74, 6) is 0.844. The largest absolute Gasteiger partial charge is 0.336 e. The molecule has 1 saturated heterocycles. The summed E-state index contributed by atoms with van der Waals surface area (Å²) in [6.07, 6.45) is 1.77. The van der Waals surface area contributed by atoms with E-state index in [-0.39, 0.29) is 5.91 Å². The van der Waals surface area contributed by atoms with Crippen molar-refractivity contribution in [1.29, 1.82) is 0 Å². The lowest BCUT2D eigenvalue weighted by Gasteiger charge is -2.32. The molecule has 4 rings (SSSR count). The van der Waals surface area contributed by atoms with Gasteiger partial charge in [-0.3, -0.25) is 4.79 Å². The van der Waals surface area contributed by atoms with Crippen LogP contribution in [0.1, 0.15) is 10.4 Å². The van der Waals surface area contributed by atoms with Gasteiger partial charge in [-0.2, -0.15) is 0 Å². The molecule has 0 radical (unpaired) electrons. The van der Waals surface area contributed by atoms with Gasteiger partial charge in [0.05, 0.1) is 8.04 Å². The lowest BCUT2D eigenvalue weighted by Crippen LogP contribution is -2.47. The highest BCUT2D eigenvalue weighted by atomic mass is 127. The van der Waals surface area contributed by atoms with Gasteiger partial charge in [0.2, 0.25) is 0 Å². The molecule has 0 atom stereocenters.